The first-order valence-electron chi connectivity index (χ1n) is 9.82. The number of carbonyl (C=O) groups excluding carboxylic acids is 2. The van der Waals surface area contributed by atoms with Gasteiger partial charge in [0.1, 0.15) is 17.1 Å². The lowest BCUT2D eigenvalue weighted by atomic mass is 9.71. The summed E-state index contributed by atoms with van der Waals surface area (Å²) in [5.74, 6) is -0.541. The van der Waals surface area contributed by atoms with Crippen molar-refractivity contribution in [3.8, 4) is 6.07 Å². The Morgan fingerprint density at radius 1 is 1.26 bits per heavy atom. The van der Waals surface area contributed by atoms with E-state index >= 15 is 0 Å². The average Bonchev–Trinajstić information content (AvgIpc) is 2.96. The lowest BCUT2D eigenvalue weighted by molar-refractivity contribution is -0.121. The van der Waals surface area contributed by atoms with Gasteiger partial charge in [0.25, 0.3) is 5.91 Å². The number of rotatable bonds is 4. The molecule has 0 N–H and O–H groups in total. The van der Waals surface area contributed by atoms with Crippen molar-refractivity contribution >= 4 is 17.7 Å². The predicted octanol–water partition coefficient (Wildman–Crippen LogP) is 5.16. The molecular formula is C23H23N5O3. The molecule has 3 rings (SSSR count). The van der Waals surface area contributed by atoms with Gasteiger partial charge in [-0.3, -0.25) is 4.79 Å². The fourth-order valence-electron chi connectivity index (χ4n) is 3.83. The van der Waals surface area contributed by atoms with E-state index in [1.54, 1.807) is 57.2 Å². The summed E-state index contributed by atoms with van der Waals surface area (Å²) in [4.78, 5) is 30.7. The molecule has 0 saturated carbocycles. The third kappa shape index (κ3) is 3.96. The van der Waals surface area contributed by atoms with Crippen LogP contribution in [-0.4, -0.2) is 23.6 Å². The zero-order chi connectivity index (χ0) is 22.8. The summed E-state index contributed by atoms with van der Waals surface area (Å²) in [6.07, 6.45) is -0.901. The van der Waals surface area contributed by atoms with Crippen molar-refractivity contribution in [3.05, 3.63) is 75.7 Å². The second-order valence-corrected chi connectivity index (χ2v) is 8.46. The molecule has 2 atom stereocenters. The number of hydrogen-bond donors (Lipinski definition) is 0. The first-order valence-corrected chi connectivity index (χ1v) is 9.82. The summed E-state index contributed by atoms with van der Waals surface area (Å²) >= 11 is 0. The maximum atomic E-state index is 13.9. The second-order valence-electron chi connectivity index (χ2n) is 8.46. The summed E-state index contributed by atoms with van der Waals surface area (Å²) in [6.45, 7) is 7.08. The Morgan fingerprint density at radius 3 is 2.48 bits per heavy atom. The highest BCUT2D eigenvalue weighted by Crippen LogP contribution is 2.49. The fraction of sp³-hybridized carbons (Fsp3) is 0.348. The molecule has 158 valence electrons. The Kier molecular flexibility index (Phi) is 5.74. The summed E-state index contributed by atoms with van der Waals surface area (Å²) in [6, 6.07) is 15.1. The maximum absolute atomic E-state index is 13.9. The maximum Gasteiger partial charge on any atom is 0.421 e. The van der Waals surface area contributed by atoms with Gasteiger partial charge in [0.2, 0.25) is 0 Å². The molecule has 0 fully saturated rings. The monoisotopic (exact) mass is 417 g/mol. The van der Waals surface area contributed by atoms with E-state index in [-0.39, 0.29) is 6.42 Å². The number of hydrogen-bond acceptors (Lipinski definition) is 5. The molecule has 0 saturated heterocycles. The first kappa shape index (κ1) is 21.9. The second kappa shape index (κ2) is 8.13. The van der Waals surface area contributed by atoms with E-state index < -0.39 is 29.1 Å². The number of fused-ring (bicyclic) bond motifs is 1. The van der Waals surface area contributed by atoms with Crippen molar-refractivity contribution in [2.24, 2.45) is 5.11 Å². The molecule has 1 aliphatic heterocycles. The molecule has 0 aromatic heterocycles. The van der Waals surface area contributed by atoms with E-state index in [0.29, 0.717) is 16.8 Å². The molecule has 2 amide bonds. The highest BCUT2D eigenvalue weighted by Gasteiger charge is 2.55. The average molecular weight is 417 g/mol. The molecule has 0 radical (unpaired) electrons. The molecule has 1 aliphatic rings. The minimum atomic E-state index is -1.38. The summed E-state index contributed by atoms with van der Waals surface area (Å²) in [5, 5.41) is 13.1. The molecule has 1 heterocycles. The van der Waals surface area contributed by atoms with Crippen LogP contribution in [0.1, 0.15) is 43.9 Å². The Balaban J connectivity index is 2.26. The van der Waals surface area contributed by atoms with Crippen LogP contribution in [0.25, 0.3) is 10.4 Å². The van der Waals surface area contributed by atoms with Crippen LogP contribution in [0.5, 0.6) is 0 Å². The number of benzene rings is 2. The number of ether oxygens (including phenoxy) is 1. The van der Waals surface area contributed by atoms with Gasteiger partial charge in [0.15, 0.2) is 0 Å². The normalized spacial score (nSPS) is 18.5. The SMILES string of the molecule is Cc1ccc([C@@]2(C[C@@H](C#N)N=[N+]=[N-])C(=O)N(C(=O)OC(C)(C)C)c3ccccc32)cc1. The van der Waals surface area contributed by atoms with Crippen LogP contribution in [0.2, 0.25) is 0 Å². The Hall–Kier alpha value is -3.82. The van der Waals surface area contributed by atoms with Gasteiger partial charge in [-0.05, 0) is 56.8 Å². The molecule has 0 spiro atoms. The van der Waals surface area contributed by atoms with Crippen LogP contribution in [0.3, 0.4) is 0 Å². The summed E-state index contributed by atoms with van der Waals surface area (Å²) < 4.78 is 5.50. The molecule has 2 aromatic carbocycles. The fourth-order valence-corrected chi connectivity index (χ4v) is 3.83. The van der Waals surface area contributed by atoms with Gasteiger partial charge in [0, 0.05) is 4.91 Å². The Labute approximate surface area is 180 Å². The lowest BCUT2D eigenvalue weighted by Crippen LogP contribution is -2.47. The summed E-state index contributed by atoms with van der Waals surface area (Å²) in [5.41, 5.74) is 9.26. The van der Waals surface area contributed by atoms with Crippen LogP contribution in [0, 0.1) is 18.3 Å². The van der Waals surface area contributed by atoms with Gasteiger partial charge in [-0.25, -0.2) is 9.69 Å². The third-order valence-electron chi connectivity index (χ3n) is 5.13. The minimum Gasteiger partial charge on any atom is -0.443 e. The van der Waals surface area contributed by atoms with Gasteiger partial charge in [-0.1, -0.05) is 53.1 Å². The Bertz CT molecular complexity index is 1110. The number of nitriles is 1. The first-order chi connectivity index (χ1) is 14.6. The van der Waals surface area contributed by atoms with Crippen molar-refractivity contribution in [3.63, 3.8) is 0 Å². The summed E-state index contributed by atoms with van der Waals surface area (Å²) in [7, 11) is 0. The van der Waals surface area contributed by atoms with Gasteiger partial charge < -0.3 is 4.74 Å². The third-order valence-corrected chi connectivity index (χ3v) is 5.13. The molecule has 0 aliphatic carbocycles. The highest BCUT2D eigenvalue weighted by molar-refractivity contribution is 6.22. The van der Waals surface area contributed by atoms with E-state index in [4.69, 9.17) is 10.3 Å². The molecule has 31 heavy (non-hydrogen) atoms. The van der Waals surface area contributed by atoms with E-state index in [2.05, 4.69) is 10.0 Å². The number of nitrogens with zero attached hydrogens (tertiary/aromatic N) is 5. The van der Waals surface area contributed by atoms with Crippen molar-refractivity contribution < 1.29 is 14.3 Å². The number of amides is 2. The van der Waals surface area contributed by atoms with Crippen LogP contribution in [0.4, 0.5) is 10.5 Å². The molecule has 0 unspecified atom stereocenters. The largest absolute Gasteiger partial charge is 0.443 e. The van der Waals surface area contributed by atoms with E-state index in [9.17, 15) is 14.9 Å². The highest BCUT2D eigenvalue weighted by atomic mass is 16.6. The van der Waals surface area contributed by atoms with Crippen molar-refractivity contribution in [1.82, 2.24) is 0 Å². The number of para-hydroxylation sites is 1. The number of anilines is 1. The quantitative estimate of drug-likeness (QED) is 0.388. The van der Waals surface area contributed by atoms with Gasteiger partial charge in [0.05, 0.1) is 11.8 Å². The Morgan fingerprint density at radius 2 is 1.90 bits per heavy atom. The number of imide groups is 1. The van der Waals surface area contributed by atoms with Crippen LogP contribution < -0.4 is 4.90 Å². The smallest absolute Gasteiger partial charge is 0.421 e. The van der Waals surface area contributed by atoms with Gasteiger partial charge in [-0.15, -0.1) is 0 Å². The predicted molar refractivity (Wildman–Crippen MR) is 115 cm³/mol. The number of aryl methyl sites for hydroxylation is 1. The van der Waals surface area contributed by atoms with Gasteiger partial charge in [-0.2, -0.15) is 5.26 Å². The van der Waals surface area contributed by atoms with Crippen molar-refractivity contribution in [2.45, 2.75) is 51.2 Å². The van der Waals surface area contributed by atoms with Crippen molar-refractivity contribution in [2.75, 3.05) is 4.90 Å². The standard InChI is InChI=1S/C23H23N5O3/c1-15-9-11-16(12-10-15)23(13-17(14-24)26-27-25)18-7-5-6-8-19(18)28(20(23)29)21(30)31-22(2,3)4/h5-12,17H,13H2,1-4H3/t17-,23+/m0/s1. The van der Waals surface area contributed by atoms with E-state index in [0.717, 1.165) is 10.5 Å². The minimum absolute atomic E-state index is 0.105. The topological polar surface area (TPSA) is 119 Å². The van der Waals surface area contributed by atoms with Crippen LogP contribution in [-0.2, 0) is 14.9 Å². The molecule has 2 aromatic rings. The van der Waals surface area contributed by atoms with Crippen LogP contribution in [0.15, 0.2) is 53.6 Å². The molecule has 8 nitrogen and oxygen atoms in total. The van der Waals surface area contributed by atoms with Crippen LogP contribution >= 0.6 is 0 Å². The van der Waals surface area contributed by atoms with E-state index in [1.807, 2.05) is 25.1 Å². The number of carbonyl (C=O) groups is 2. The molecule has 8 heteroatoms. The van der Waals surface area contributed by atoms with Gasteiger partial charge >= 0.3 is 6.09 Å². The van der Waals surface area contributed by atoms with E-state index in [1.165, 1.54) is 0 Å². The van der Waals surface area contributed by atoms with Crippen molar-refractivity contribution in [1.29, 1.82) is 5.26 Å². The zero-order valence-corrected chi connectivity index (χ0v) is 17.9. The lowest BCUT2D eigenvalue weighted by Gasteiger charge is -2.30. The molecule has 0 bridgehead atoms. The number of azide groups is 1. The zero-order valence-electron chi connectivity index (χ0n) is 17.9. The molecular weight excluding hydrogens is 394 g/mol.